The van der Waals surface area contributed by atoms with Crippen molar-refractivity contribution in [3.8, 4) is 0 Å². The molecule has 6 heteroatoms. The standard InChI is InChI=1S/C17H17BrClN3S/c18-8-15-10-21-17(23-15)22(11-13-4-3-7-20-9-13)12-14-5-1-2-6-16(14)19/h1-7,9,15H,8,10-12H2. The smallest absolute Gasteiger partial charge is 0.160 e. The number of aromatic nitrogens is 1. The summed E-state index contributed by atoms with van der Waals surface area (Å²) in [7, 11) is 0. The van der Waals surface area contributed by atoms with Gasteiger partial charge in [0.1, 0.15) is 0 Å². The highest BCUT2D eigenvalue weighted by Gasteiger charge is 2.24. The summed E-state index contributed by atoms with van der Waals surface area (Å²) in [5.41, 5.74) is 2.29. The van der Waals surface area contributed by atoms with Gasteiger partial charge in [0.25, 0.3) is 0 Å². The Kier molecular flexibility index (Phi) is 5.97. The monoisotopic (exact) mass is 409 g/mol. The van der Waals surface area contributed by atoms with E-state index < -0.39 is 0 Å². The van der Waals surface area contributed by atoms with Crippen molar-refractivity contribution >= 4 is 44.5 Å². The van der Waals surface area contributed by atoms with Gasteiger partial charge in [-0.1, -0.05) is 63.6 Å². The summed E-state index contributed by atoms with van der Waals surface area (Å²) < 4.78 is 0. The first-order valence-electron chi connectivity index (χ1n) is 7.40. The molecule has 1 aromatic heterocycles. The van der Waals surface area contributed by atoms with E-state index in [-0.39, 0.29) is 0 Å². The number of benzene rings is 1. The van der Waals surface area contributed by atoms with Gasteiger partial charge in [-0.3, -0.25) is 9.98 Å². The maximum absolute atomic E-state index is 6.34. The van der Waals surface area contributed by atoms with Crippen molar-refractivity contribution in [2.45, 2.75) is 18.3 Å². The van der Waals surface area contributed by atoms with Gasteiger partial charge in [-0.15, -0.1) is 0 Å². The molecular weight excluding hydrogens is 394 g/mol. The number of halogens is 2. The van der Waals surface area contributed by atoms with Crippen LogP contribution in [-0.2, 0) is 13.1 Å². The molecule has 1 atom stereocenters. The SMILES string of the molecule is Clc1ccccc1CN(Cc1cccnc1)C1=NCC(CBr)S1. The van der Waals surface area contributed by atoms with Crippen LogP contribution in [0.15, 0.2) is 53.8 Å². The van der Waals surface area contributed by atoms with E-state index in [9.17, 15) is 0 Å². The highest BCUT2D eigenvalue weighted by atomic mass is 79.9. The molecular formula is C17H17BrClN3S. The number of alkyl halides is 1. The van der Waals surface area contributed by atoms with Crippen LogP contribution in [0.25, 0.3) is 0 Å². The molecule has 0 bridgehead atoms. The Balaban J connectivity index is 1.80. The summed E-state index contributed by atoms with van der Waals surface area (Å²) in [6.45, 7) is 2.38. The summed E-state index contributed by atoms with van der Waals surface area (Å²) in [6, 6.07) is 12.0. The highest BCUT2D eigenvalue weighted by molar-refractivity contribution is 9.09. The molecule has 0 N–H and O–H groups in total. The largest absolute Gasteiger partial charge is 0.343 e. The lowest BCUT2D eigenvalue weighted by Crippen LogP contribution is -2.27. The average molecular weight is 411 g/mol. The van der Waals surface area contributed by atoms with Gasteiger partial charge >= 0.3 is 0 Å². The Morgan fingerprint density at radius 2 is 2.09 bits per heavy atom. The zero-order chi connectivity index (χ0) is 16.1. The van der Waals surface area contributed by atoms with E-state index in [0.29, 0.717) is 5.25 Å². The molecule has 0 saturated heterocycles. The Morgan fingerprint density at radius 1 is 1.22 bits per heavy atom. The molecule has 1 unspecified atom stereocenters. The van der Waals surface area contributed by atoms with Gasteiger partial charge < -0.3 is 4.90 Å². The fraction of sp³-hybridized carbons (Fsp3) is 0.294. The second-order valence-electron chi connectivity index (χ2n) is 5.33. The topological polar surface area (TPSA) is 28.5 Å². The maximum atomic E-state index is 6.34. The maximum Gasteiger partial charge on any atom is 0.160 e. The van der Waals surface area contributed by atoms with Crippen LogP contribution in [0.2, 0.25) is 5.02 Å². The first-order valence-corrected chi connectivity index (χ1v) is 9.78. The summed E-state index contributed by atoms with van der Waals surface area (Å²) in [5.74, 6) is 0. The van der Waals surface area contributed by atoms with Crippen molar-refractivity contribution in [3.05, 3.63) is 64.9 Å². The van der Waals surface area contributed by atoms with E-state index in [4.69, 9.17) is 16.6 Å². The zero-order valence-corrected chi connectivity index (χ0v) is 15.7. The van der Waals surface area contributed by atoms with Crippen LogP contribution in [0.5, 0.6) is 0 Å². The normalized spacial score (nSPS) is 17.1. The van der Waals surface area contributed by atoms with Crippen molar-refractivity contribution in [3.63, 3.8) is 0 Å². The molecule has 23 heavy (non-hydrogen) atoms. The van der Waals surface area contributed by atoms with Gasteiger partial charge in [0.05, 0.1) is 6.54 Å². The Morgan fingerprint density at radius 3 is 2.78 bits per heavy atom. The molecule has 120 valence electrons. The number of rotatable bonds is 5. The van der Waals surface area contributed by atoms with Gasteiger partial charge in [-0.2, -0.15) is 0 Å². The number of aliphatic imine (C=N–C) groups is 1. The molecule has 0 aliphatic carbocycles. The molecule has 3 nitrogen and oxygen atoms in total. The first kappa shape index (κ1) is 16.8. The first-order chi connectivity index (χ1) is 11.3. The zero-order valence-electron chi connectivity index (χ0n) is 12.5. The number of amidine groups is 1. The molecule has 0 radical (unpaired) electrons. The predicted octanol–water partition coefficient (Wildman–Crippen LogP) is 4.60. The minimum Gasteiger partial charge on any atom is -0.343 e. The molecule has 1 aliphatic rings. The Labute approximate surface area is 154 Å². The molecule has 2 heterocycles. The van der Waals surface area contributed by atoms with E-state index >= 15 is 0 Å². The number of hydrogen-bond donors (Lipinski definition) is 0. The van der Waals surface area contributed by atoms with Crippen LogP contribution in [0.3, 0.4) is 0 Å². The van der Waals surface area contributed by atoms with Crippen LogP contribution in [0.1, 0.15) is 11.1 Å². The molecule has 1 aliphatic heterocycles. The molecule has 1 aromatic carbocycles. The third-order valence-electron chi connectivity index (χ3n) is 3.56. The van der Waals surface area contributed by atoms with Crippen molar-refractivity contribution in [1.29, 1.82) is 0 Å². The molecule has 0 saturated carbocycles. The van der Waals surface area contributed by atoms with E-state index in [1.54, 1.807) is 6.20 Å². The van der Waals surface area contributed by atoms with Gasteiger partial charge in [0.2, 0.25) is 0 Å². The third-order valence-corrected chi connectivity index (χ3v) is 6.39. The van der Waals surface area contributed by atoms with Crippen molar-refractivity contribution < 1.29 is 0 Å². The minimum atomic E-state index is 0.507. The second kappa shape index (κ2) is 8.18. The predicted molar refractivity (Wildman–Crippen MR) is 102 cm³/mol. The van der Waals surface area contributed by atoms with Gasteiger partial charge in [-0.05, 0) is 23.3 Å². The molecule has 0 spiro atoms. The summed E-state index contributed by atoms with van der Waals surface area (Å²) in [5, 5.41) is 3.34. The number of nitrogens with zero attached hydrogens (tertiary/aromatic N) is 3. The van der Waals surface area contributed by atoms with Crippen LogP contribution in [-0.4, -0.2) is 32.2 Å². The number of pyridine rings is 1. The van der Waals surface area contributed by atoms with Gasteiger partial charge in [-0.25, -0.2) is 0 Å². The quantitative estimate of drug-likeness (QED) is 0.674. The fourth-order valence-electron chi connectivity index (χ4n) is 2.39. The number of thioether (sulfide) groups is 1. The lowest BCUT2D eigenvalue weighted by molar-refractivity contribution is 0.414. The van der Waals surface area contributed by atoms with Crippen LogP contribution < -0.4 is 0 Å². The molecule has 0 amide bonds. The van der Waals surface area contributed by atoms with E-state index in [2.05, 4.69) is 37.9 Å². The van der Waals surface area contributed by atoms with Crippen molar-refractivity contribution in [1.82, 2.24) is 9.88 Å². The lowest BCUT2D eigenvalue weighted by atomic mass is 10.2. The Bertz CT molecular complexity index is 681. The summed E-state index contributed by atoms with van der Waals surface area (Å²) in [4.78, 5) is 11.2. The summed E-state index contributed by atoms with van der Waals surface area (Å²) in [6.07, 6.45) is 3.70. The molecule has 3 rings (SSSR count). The third kappa shape index (κ3) is 4.49. The van der Waals surface area contributed by atoms with Gasteiger partial charge in [0, 0.05) is 41.1 Å². The van der Waals surface area contributed by atoms with Crippen molar-refractivity contribution in [2.75, 3.05) is 11.9 Å². The summed E-state index contributed by atoms with van der Waals surface area (Å²) >= 11 is 11.7. The minimum absolute atomic E-state index is 0.507. The highest BCUT2D eigenvalue weighted by Crippen LogP contribution is 2.28. The van der Waals surface area contributed by atoms with E-state index in [1.807, 2.05) is 42.2 Å². The fourth-order valence-corrected chi connectivity index (χ4v) is 4.13. The van der Waals surface area contributed by atoms with Crippen LogP contribution in [0, 0.1) is 0 Å². The molecule has 2 aromatic rings. The van der Waals surface area contributed by atoms with Crippen LogP contribution >= 0.6 is 39.3 Å². The Hall–Kier alpha value is -1.04. The lowest BCUT2D eigenvalue weighted by Gasteiger charge is -2.25. The van der Waals surface area contributed by atoms with E-state index in [0.717, 1.165) is 40.7 Å². The van der Waals surface area contributed by atoms with Crippen LogP contribution in [0.4, 0.5) is 0 Å². The van der Waals surface area contributed by atoms with Crippen molar-refractivity contribution in [2.24, 2.45) is 4.99 Å². The molecule has 0 fully saturated rings. The number of hydrogen-bond acceptors (Lipinski definition) is 4. The average Bonchev–Trinajstić information content (AvgIpc) is 3.06. The van der Waals surface area contributed by atoms with Gasteiger partial charge in [0.15, 0.2) is 5.17 Å². The van der Waals surface area contributed by atoms with E-state index in [1.165, 1.54) is 5.56 Å². The second-order valence-corrected chi connectivity index (χ2v) is 7.65.